The molecule has 0 spiro atoms. The molecule has 0 fully saturated rings. The number of methoxy groups -OCH3 is 1. The minimum Gasteiger partial charge on any atom is -0.469 e. The summed E-state index contributed by atoms with van der Waals surface area (Å²) in [6, 6.07) is 3.12. The van der Waals surface area contributed by atoms with E-state index in [0.29, 0.717) is 11.4 Å². The second kappa shape index (κ2) is 5.82. The lowest BCUT2D eigenvalue weighted by Gasteiger charge is -2.15. The van der Waals surface area contributed by atoms with Gasteiger partial charge in [0.15, 0.2) is 23.3 Å². The number of hydrogen-bond donors (Lipinski definition) is 0. The normalized spacial score (nSPS) is 10.9. The van der Waals surface area contributed by atoms with Crippen molar-refractivity contribution in [2.75, 3.05) is 7.11 Å². The molecule has 0 atom stereocenters. The molecular formula is C15H13F4NO2. The molecule has 0 N–H and O–H groups in total. The Morgan fingerprint density at radius 3 is 1.86 bits per heavy atom. The van der Waals surface area contributed by atoms with Crippen molar-refractivity contribution in [1.82, 2.24) is 4.57 Å². The minimum absolute atomic E-state index is 0.412. The van der Waals surface area contributed by atoms with Crippen molar-refractivity contribution in [3.05, 3.63) is 52.4 Å². The van der Waals surface area contributed by atoms with Crippen LogP contribution in [0.3, 0.4) is 0 Å². The summed E-state index contributed by atoms with van der Waals surface area (Å²) >= 11 is 0. The van der Waals surface area contributed by atoms with Crippen LogP contribution < -0.4 is 0 Å². The van der Waals surface area contributed by atoms with Crippen LogP contribution in [-0.2, 0) is 16.0 Å². The highest BCUT2D eigenvalue weighted by atomic mass is 19.2. The summed E-state index contributed by atoms with van der Waals surface area (Å²) in [5, 5.41) is 0. The molecule has 0 aliphatic rings. The molecule has 0 amide bonds. The molecule has 0 aliphatic heterocycles. The Morgan fingerprint density at radius 2 is 1.45 bits per heavy atom. The fourth-order valence-electron chi connectivity index (χ4n) is 2.25. The van der Waals surface area contributed by atoms with Gasteiger partial charge in [-0.3, -0.25) is 4.79 Å². The molecule has 118 valence electrons. The number of carbonyl (C=O) groups is 1. The maximum absolute atomic E-state index is 14.2. The van der Waals surface area contributed by atoms with Crippen molar-refractivity contribution in [3.63, 3.8) is 0 Å². The number of rotatable bonds is 3. The van der Waals surface area contributed by atoms with Gasteiger partial charge in [-0.05, 0) is 26.0 Å². The molecule has 0 saturated carbocycles. The van der Waals surface area contributed by atoms with Crippen molar-refractivity contribution in [2.45, 2.75) is 20.3 Å². The smallest absolute Gasteiger partial charge is 0.310 e. The van der Waals surface area contributed by atoms with E-state index in [2.05, 4.69) is 4.74 Å². The van der Waals surface area contributed by atoms with Crippen molar-refractivity contribution >= 4 is 5.97 Å². The van der Waals surface area contributed by atoms with Gasteiger partial charge in [0.05, 0.1) is 13.5 Å². The molecule has 0 radical (unpaired) electrons. The standard InChI is InChI=1S/C15H13F4NO2/c1-7-4-5-8(2)20(7)15-13(18)11(16)9(6-10(21)22-3)12(17)14(15)19/h4-5H,6H2,1-3H3. The summed E-state index contributed by atoms with van der Waals surface area (Å²) in [4.78, 5) is 11.1. The maximum atomic E-state index is 14.2. The van der Waals surface area contributed by atoms with E-state index in [1.807, 2.05) is 0 Å². The molecule has 0 unspecified atom stereocenters. The van der Waals surface area contributed by atoms with Crippen molar-refractivity contribution < 1.29 is 27.1 Å². The summed E-state index contributed by atoms with van der Waals surface area (Å²) < 4.78 is 61.9. The highest BCUT2D eigenvalue weighted by Crippen LogP contribution is 2.29. The topological polar surface area (TPSA) is 31.2 Å². The van der Waals surface area contributed by atoms with Gasteiger partial charge in [0.2, 0.25) is 0 Å². The van der Waals surface area contributed by atoms with E-state index in [0.717, 1.165) is 11.7 Å². The maximum Gasteiger partial charge on any atom is 0.310 e. The summed E-state index contributed by atoms with van der Waals surface area (Å²) in [6.07, 6.45) is -0.897. The van der Waals surface area contributed by atoms with Crippen LogP contribution in [0.1, 0.15) is 17.0 Å². The third-order valence-electron chi connectivity index (χ3n) is 3.37. The second-order valence-electron chi connectivity index (χ2n) is 4.79. The number of halogens is 4. The van der Waals surface area contributed by atoms with Crippen LogP contribution in [-0.4, -0.2) is 17.6 Å². The zero-order valence-corrected chi connectivity index (χ0v) is 12.1. The molecule has 0 bridgehead atoms. The number of esters is 1. The van der Waals surface area contributed by atoms with E-state index < -0.39 is 46.9 Å². The van der Waals surface area contributed by atoms with Crippen LogP contribution >= 0.6 is 0 Å². The molecular weight excluding hydrogens is 302 g/mol. The van der Waals surface area contributed by atoms with Crippen LogP contribution in [0, 0.1) is 37.1 Å². The van der Waals surface area contributed by atoms with Crippen LogP contribution in [0.25, 0.3) is 5.69 Å². The quantitative estimate of drug-likeness (QED) is 0.494. The first-order valence-corrected chi connectivity index (χ1v) is 6.36. The van der Waals surface area contributed by atoms with E-state index in [-0.39, 0.29) is 0 Å². The van der Waals surface area contributed by atoms with E-state index in [1.54, 1.807) is 26.0 Å². The largest absolute Gasteiger partial charge is 0.469 e. The molecule has 2 aromatic rings. The number of hydrogen-bond acceptors (Lipinski definition) is 2. The first-order valence-electron chi connectivity index (χ1n) is 6.36. The Hall–Kier alpha value is -2.31. The SMILES string of the molecule is COC(=O)Cc1c(F)c(F)c(-n2c(C)ccc2C)c(F)c1F. The van der Waals surface area contributed by atoms with E-state index in [1.165, 1.54) is 0 Å². The predicted molar refractivity (Wildman–Crippen MR) is 70.8 cm³/mol. The number of aromatic nitrogens is 1. The van der Waals surface area contributed by atoms with Crippen LogP contribution in [0.5, 0.6) is 0 Å². The molecule has 3 nitrogen and oxygen atoms in total. The predicted octanol–water partition coefficient (Wildman–Crippen LogP) is 3.37. The summed E-state index contributed by atoms with van der Waals surface area (Å²) in [7, 11) is 1.01. The summed E-state index contributed by atoms with van der Waals surface area (Å²) in [5.74, 6) is -7.32. The van der Waals surface area contributed by atoms with Gasteiger partial charge in [-0.2, -0.15) is 0 Å². The van der Waals surface area contributed by atoms with Crippen LogP contribution in [0.2, 0.25) is 0 Å². The lowest BCUT2D eigenvalue weighted by atomic mass is 10.1. The van der Waals surface area contributed by atoms with Gasteiger partial charge < -0.3 is 9.30 Å². The van der Waals surface area contributed by atoms with Gasteiger partial charge >= 0.3 is 5.97 Å². The lowest BCUT2D eigenvalue weighted by Crippen LogP contribution is -2.15. The Kier molecular flexibility index (Phi) is 4.25. The van der Waals surface area contributed by atoms with Gasteiger partial charge in [-0.1, -0.05) is 0 Å². The van der Waals surface area contributed by atoms with Gasteiger partial charge in [-0.25, -0.2) is 17.6 Å². The number of benzene rings is 1. The average Bonchev–Trinajstić information content (AvgIpc) is 2.81. The number of ether oxygens (including phenoxy) is 1. The second-order valence-corrected chi connectivity index (χ2v) is 4.79. The molecule has 7 heteroatoms. The molecule has 2 rings (SSSR count). The first-order chi connectivity index (χ1) is 10.3. The molecule has 1 heterocycles. The highest BCUT2D eigenvalue weighted by molar-refractivity contribution is 5.72. The third kappa shape index (κ3) is 2.47. The monoisotopic (exact) mass is 315 g/mol. The average molecular weight is 315 g/mol. The fraction of sp³-hybridized carbons (Fsp3) is 0.267. The van der Waals surface area contributed by atoms with Crippen molar-refractivity contribution in [1.29, 1.82) is 0 Å². The third-order valence-corrected chi connectivity index (χ3v) is 3.37. The zero-order chi connectivity index (χ0) is 16.6. The van der Waals surface area contributed by atoms with Gasteiger partial charge in [0.25, 0.3) is 0 Å². The van der Waals surface area contributed by atoms with Crippen molar-refractivity contribution in [2.24, 2.45) is 0 Å². The van der Waals surface area contributed by atoms with Crippen LogP contribution in [0.4, 0.5) is 17.6 Å². The Balaban J connectivity index is 2.72. The van der Waals surface area contributed by atoms with Crippen LogP contribution in [0.15, 0.2) is 12.1 Å². The van der Waals surface area contributed by atoms with E-state index >= 15 is 0 Å². The lowest BCUT2D eigenvalue weighted by molar-refractivity contribution is -0.139. The van der Waals surface area contributed by atoms with Crippen molar-refractivity contribution in [3.8, 4) is 5.69 Å². The fourth-order valence-corrected chi connectivity index (χ4v) is 2.25. The summed E-state index contributed by atoms with van der Waals surface area (Å²) in [6.45, 7) is 3.09. The Bertz CT molecular complexity index is 704. The van der Waals surface area contributed by atoms with Gasteiger partial charge in [-0.15, -0.1) is 0 Å². The van der Waals surface area contributed by atoms with E-state index in [9.17, 15) is 22.4 Å². The number of nitrogens with zero attached hydrogens (tertiary/aromatic N) is 1. The molecule has 1 aromatic heterocycles. The zero-order valence-electron chi connectivity index (χ0n) is 12.1. The number of aryl methyl sites for hydroxylation is 2. The first kappa shape index (κ1) is 16.1. The minimum atomic E-state index is -1.60. The Morgan fingerprint density at radius 1 is 1.00 bits per heavy atom. The molecule has 0 aliphatic carbocycles. The highest BCUT2D eigenvalue weighted by Gasteiger charge is 2.28. The molecule has 22 heavy (non-hydrogen) atoms. The van der Waals surface area contributed by atoms with Gasteiger partial charge in [0.1, 0.15) is 5.69 Å². The van der Waals surface area contributed by atoms with E-state index in [4.69, 9.17) is 0 Å². The Labute approximate surface area is 124 Å². The van der Waals surface area contributed by atoms with Gasteiger partial charge in [0, 0.05) is 17.0 Å². The molecule has 1 aromatic carbocycles. The summed E-state index contributed by atoms with van der Waals surface area (Å²) in [5.41, 5.74) is -1.01. The molecule has 0 saturated heterocycles. The number of carbonyl (C=O) groups excluding carboxylic acids is 1.